The molecule has 1 unspecified atom stereocenters. The Hall–Kier alpha value is -2.20. The summed E-state index contributed by atoms with van der Waals surface area (Å²) in [6.07, 6.45) is 0. The van der Waals surface area contributed by atoms with E-state index in [1.165, 1.54) is 0 Å². The maximum atomic E-state index is 11.9. The third-order valence-electron chi connectivity index (χ3n) is 3.23. The van der Waals surface area contributed by atoms with Gasteiger partial charge in [0.25, 0.3) is 0 Å². The number of carbonyl (C=O) groups excluding carboxylic acids is 1. The van der Waals surface area contributed by atoms with Crippen molar-refractivity contribution in [1.29, 1.82) is 0 Å². The van der Waals surface area contributed by atoms with E-state index < -0.39 is 0 Å². The summed E-state index contributed by atoms with van der Waals surface area (Å²) < 4.78 is 5.67. The summed E-state index contributed by atoms with van der Waals surface area (Å²) in [5.41, 5.74) is 2.14. The fraction of sp³-hybridized carbons (Fsp3) is 0.278. The number of hydrogen-bond acceptors (Lipinski definition) is 2. The topological polar surface area (TPSA) is 50.4 Å². The largest absolute Gasteiger partial charge is 0.491 e. The molecule has 2 amide bonds. The molecule has 0 saturated heterocycles. The summed E-state index contributed by atoms with van der Waals surface area (Å²) in [6, 6.07) is 14.9. The van der Waals surface area contributed by atoms with Crippen molar-refractivity contribution in [1.82, 2.24) is 10.6 Å². The summed E-state index contributed by atoms with van der Waals surface area (Å²) in [4.78, 5) is 11.9. The molecule has 23 heavy (non-hydrogen) atoms. The van der Waals surface area contributed by atoms with Gasteiger partial charge in [0, 0.05) is 11.6 Å². The Balaban J connectivity index is 1.70. The van der Waals surface area contributed by atoms with E-state index in [-0.39, 0.29) is 12.1 Å². The predicted molar refractivity (Wildman–Crippen MR) is 93.0 cm³/mol. The molecule has 122 valence electrons. The van der Waals surface area contributed by atoms with Crippen LogP contribution in [0.2, 0.25) is 5.02 Å². The summed E-state index contributed by atoms with van der Waals surface area (Å²) >= 11 is 5.82. The number of hydrogen-bond donors (Lipinski definition) is 2. The van der Waals surface area contributed by atoms with Crippen LogP contribution in [0.1, 0.15) is 18.1 Å². The third kappa shape index (κ3) is 6.20. The normalized spacial score (nSPS) is 11.6. The Labute approximate surface area is 141 Å². The van der Waals surface area contributed by atoms with Gasteiger partial charge in [-0.3, -0.25) is 0 Å². The van der Waals surface area contributed by atoms with Crippen LogP contribution in [-0.2, 0) is 6.54 Å². The van der Waals surface area contributed by atoms with Crippen LogP contribution in [0.3, 0.4) is 0 Å². The van der Waals surface area contributed by atoms with Crippen molar-refractivity contribution < 1.29 is 9.53 Å². The summed E-state index contributed by atoms with van der Waals surface area (Å²) in [6.45, 7) is 4.78. The predicted octanol–water partition coefficient (Wildman–Crippen LogP) is 3.92. The Bertz CT molecular complexity index is 644. The van der Waals surface area contributed by atoms with Gasteiger partial charge in [-0.15, -0.1) is 0 Å². The number of ether oxygens (including phenoxy) is 1. The lowest BCUT2D eigenvalue weighted by atomic mass is 10.2. The molecule has 0 radical (unpaired) electrons. The van der Waals surface area contributed by atoms with E-state index in [4.69, 9.17) is 16.3 Å². The van der Waals surface area contributed by atoms with E-state index in [0.717, 1.165) is 16.9 Å². The quantitative estimate of drug-likeness (QED) is 0.842. The van der Waals surface area contributed by atoms with Crippen molar-refractivity contribution in [2.45, 2.75) is 26.4 Å². The Morgan fingerprint density at radius 2 is 1.96 bits per heavy atom. The highest BCUT2D eigenvalue weighted by Crippen LogP contribution is 2.12. The molecule has 0 aliphatic rings. The average molecular weight is 333 g/mol. The average Bonchev–Trinajstić information content (AvgIpc) is 2.52. The fourth-order valence-electron chi connectivity index (χ4n) is 2.03. The molecular formula is C18H21ClN2O2. The molecule has 0 saturated carbocycles. The Kier molecular flexibility index (Phi) is 6.29. The van der Waals surface area contributed by atoms with Gasteiger partial charge in [-0.25, -0.2) is 4.79 Å². The lowest BCUT2D eigenvalue weighted by Crippen LogP contribution is -2.42. The van der Waals surface area contributed by atoms with E-state index in [9.17, 15) is 4.79 Å². The minimum absolute atomic E-state index is 0.0965. The van der Waals surface area contributed by atoms with E-state index in [0.29, 0.717) is 18.2 Å². The maximum Gasteiger partial charge on any atom is 0.315 e. The molecule has 5 heteroatoms. The number of benzene rings is 2. The van der Waals surface area contributed by atoms with Crippen molar-refractivity contribution in [3.63, 3.8) is 0 Å². The van der Waals surface area contributed by atoms with Crippen LogP contribution in [0.4, 0.5) is 4.79 Å². The molecule has 1 atom stereocenters. The van der Waals surface area contributed by atoms with Crippen molar-refractivity contribution in [2.75, 3.05) is 6.61 Å². The zero-order valence-electron chi connectivity index (χ0n) is 13.3. The highest BCUT2D eigenvalue weighted by molar-refractivity contribution is 6.30. The van der Waals surface area contributed by atoms with E-state index in [1.807, 2.05) is 50.2 Å². The standard InChI is InChI=1S/C18H21ClN2O2/c1-13-4-3-5-17(10-13)23-12-14(2)21-18(22)20-11-15-6-8-16(19)9-7-15/h3-10,14H,11-12H2,1-2H3,(H2,20,21,22). The molecule has 2 aromatic rings. The molecule has 0 heterocycles. The first-order chi connectivity index (χ1) is 11.0. The van der Waals surface area contributed by atoms with Crippen LogP contribution >= 0.6 is 11.6 Å². The fourth-order valence-corrected chi connectivity index (χ4v) is 2.15. The van der Waals surface area contributed by atoms with Crippen molar-refractivity contribution in [3.05, 3.63) is 64.7 Å². The summed E-state index contributed by atoms with van der Waals surface area (Å²) in [5.74, 6) is 0.806. The van der Waals surface area contributed by atoms with Crippen LogP contribution in [0.25, 0.3) is 0 Å². The number of carbonyl (C=O) groups is 1. The number of nitrogens with one attached hydrogen (secondary N) is 2. The van der Waals surface area contributed by atoms with Gasteiger partial charge in [0.05, 0.1) is 6.04 Å². The zero-order valence-corrected chi connectivity index (χ0v) is 14.1. The SMILES string of the molecule is Cc1cccc(OCC(C)NC(=O)NCc2ccc(Cl)cc2)c1. The molecular weight excluding hydrogens is 312 g/mol. The minimum atomic E-state index is -0.222. The first kappa shape index (κ1) is 17.2. The number of halogens is 1. The van der Waals surface area contributed by atoms with Gasteiger partial charge in [0.2, 0.25) is 0 Å². The zero-order chi connectivity index (χ0) is 16.7. The van der Waals surface area contributed by atoms with Gasteiger partial charge in [-0.1, -0.05) is 35.9 Å². The smallest absolute Gasteiger partial charge is 0.315 e. The van der Waals surface area contributed by atoms with Gasteiger partial charge in [-0.05, 0) is 49.2 Å². The first-order valence-corrected chi connectivity index (χ1v) is 7.89. The second kappa shape index (κ2) is 8.44. The monoisotopic (exact) mass is 332 g/mol. The third-order valence-corrected chi connectivity index (χ3v) is 3.49. The molecule has 4 nitrogen and oxygen atoms in total. The van der Waals surface area contributed by atoms with Gasteiger partial charge < -0.3 is 15.4 Å². The Morgan fingerprint density at radius 1 is 1.22 bits per heavy atom. The van der Waals surface area contributed by atoms with Crippen LogP contribution < -0.4 is 15.4 Å². The molecule has 0 aromatic heterocycles. The van der Waals surface area contributed by atoms with E-state index in [1.54, 1.807) is 12.1 Å². The van der Waals surface area contributed by atoms with E-state index >= 15 is 0 Å². The van der Waals surface area contributed by atoms with Crippen LogP contribution in [0.5, 0.6) is 5.75 Å². The van der Waals surface area contributed by atoms with Crippen LogP contribution in [-0.4, -0.2) is 18.7 Å². The molecule has 0 spiro atoms. The van der Waals surface area contributed by atoms with Crippen molar-refractivity contribution in [2.24, 2.45) is 0 Å². The van der Waals surface area contributed by atoms with Gasteiger partial charge in [-0.2, -0.15) is 0 Å². The number of aryl methyl sites for hydroxylation is 1. The first-order valence-electron chi connectivity index (χ1n) is 7.51. The van der Waals surface area contributed by atoms with E-state index in [2.05, 4.69) is 10.6 Å². The molecule has 0 fully saturated rings. The lowest BCUT2D eigenvalue weighted by molar-refractivity contribution is 0.226. The summed E-state index contributed by atoms with van der Waals surface area (Å²) in [5, 5.41) is 6.33. The highest BCUT2D eigenvalue weighted by Gasteiger charge is 2.08. The second-order valence-electron chi connectivity index (χ2n) is 5.48. The molecule has 0 bridgehead atoms. The Morgan fingerprint density at radius 3 is 2.65 bits per heavy atom. The minimum Gasteiger partial charge on any atom is -0.491 e. The van der Waals surface area contributed by atoms with Gasteiger partial charge in [0.15, 0.2) is 0 Å². The number of urea groups is 1. The molecule has 0 aliphatic heterocycles. The van der Waals surface area contributed by atoms with Crippen molar-refractivity contribution in [3.8, 4) is 5.75 Å². The second-order valence-corrected chi connectivity index (χ2v) is 5.92. The van der Waals surface area contributed by atoms with Crippen LogP contribution in [0, 0.1) is 6.92 Å². The molecule has 2 rings (SSSR count). The molecule has 2 N–H and O–H groups in total. The van der Waals surface area contributed by atoms with Crippen molar-refractivity contribution >= 4 is 17.6 Å². The summed E-state index contributed by atoms with van der Waals surface area (Å²) in [7, 11) is 0. The maximum absolute atomic E-state index is 11.9. The number of amides is 2. The molecule has 0 aliphatic carbocycles. The van der Waals surface area contributed by atoms with Crippen LogP contribution in [0.15, 0.2) is 48.5 Å². The lowest BCUT2D eigenvalue weighted by Gasteiger charge is -2.16. The molecule has 2 aromatic carbocycles. The van der Waals surface area contributed by atoms with Gasteiger partial charge in [0.1, 0.15) is 12.4 Å². The number of rotatable bonds is 6. The van der Waals surface area contributed by atoms with Gasteiger partial charge >= 0.3 is 6.03 Å². The highest BCUT2D eigenvalue weighted by atomic mass is 35.5.